The summed E-state index contributed by atoms with van der Waals surface area (Å²) >= 11 is 0. The van der Waals surface area contributed by atoms with Gasteiger partial charge >= 0.3 is 17.6 Å². The number of carbonyl (C=O) groups excluding carboxylic acids is 1. The first kappa shape index (κ1) is 13.9. The van der Waals surface area contributed by atoms with E-state index in [1.54, 1.807) is 45.2 Å². The molecule has 0 aliphatic carbocycles. The Morgan fingerprint density at radius 2 is 2.00 bits per heavy atom. The van der Waals surface area contributed by atoms with Gasteiger partial charge in [-0.3, -0.25) is 0 Å². The zero-order valence-corrected chi connectivity index (χ0v) is 11.5. The summed E-state index contributed by atoms with van der Waals surface area (Å²) in [4.78, 5) is 11.7. The Morgan fingerprint density at radius 3 is 2.55 bits per heavy atom. The van der Waals surface area contributed by atoms with Crippen molar-refractivity contribution >= 4 is 5.97 Å². The summed E-state index contributed by atoms with van der Waals surface area (Å²) in [7, 11) is 1.55. The maximum Gasteiger partial charge on any atom is 0.408 e. The molecule has 0 saturated heterocycles. The van der Waals surface area contributed by atoms with Gasteiger partial charge in [-0.15, -0.1) is 4.73 Å². The SMILES string of the molecule is CCOC(=O)c1c(C)oc(-c2ccc(OC)cc2)[n+]1[O-]. The Bertz CT molecular complexity index is 615. The third-order valence-electron chi connectivity index (χ3n) is 2.78. The Kier molecular flexibility index (Phi) is 3.93. The average molecular weight is 277 g/mol. The van der Waals surface area contributed by atoms with E-state index in [0.29, 0.717) is 16.0 Å². The summed E-state index contributed by atoms with van der Waals surface area (Å²) in [5, 5.41) is 12.2. The molecule has 6 nitrogen and oxygen atoms in total. The van der Waals surface area contributed by atoms with E-state index in [1.807, 2.05) is 0 Å². The molecule has 1 aromatic carbocycles. The second-order valence-electron chi connectivity index (χ2n) is 4.06. The summed E-state index contributed by atoms with van der Waals surface area (Å²) in [6.07, 6.45) is 0. The van der Waals surface area contributed by atoms with Gasteiger partial charge in [0.15, 0.2) is 5.76 Å². The Morgan fingerprint density at radius 1 is 1.35 bits per heavy atom. The molecule has 0 fully saturated rings. The molecular weight excluding hydrogens is 262 g/mol. The van der Waals surface area contributed by atoms with Crippen molar-refractivity contribution < 1.29 is 23.4 Å². The average Bonchev–Trinajstić information content (AvgIpc) is 2.74. The number of esters is 1. The van der Waals surface area contributed by atoms with Gasteiger partial charge in [-0.2, -0.15) is 0 Å². The van der Waals surface area contributed by atoms with Crippen LogP contribution in [0.1, 0.15) is 23.2 Å². The maximum absolute atomic E-state index is 12.2. The molecular formula is C14H15NO5. The number of ether oxygens (including phenoxy) is 2. The normalized spacial score (nSPS) is 10.3. The van der Waals surface area contributed by atoms with Crippen molar-refractivity contribution in [1.82, 2.24) is 0 Å². The van der Waals surface area contributed by atoms with Gasteiger partial charge in [-0.05, 0) is 31.2 Å². The highest BCUT2D eigenvalue weighted by molar-refractivity contribution is 5.87. The minimum absolute atomic E-state index is 0.0493. The molecule has 0 N–H and O–H groups in total. The quantitative estimate of drug-likeness (QED) is 0.486. The van der Waals surface area contributed by atoms with Gasteiger partial charge in [0.1, 0.15) is 5.75 Å². The molecule has 0 amide bonds. The maximum atomic E-state index is 12.2. The lowest BCUT2D eigenvalue weighted by Gasteiger charge is -2.01. The largest absolute Gasteiger partial charge is 0.615 e. The lowest BCUT2D eigenvalue weighted by atomic mass is 10.2. The van der Waals surface area contributed by atoms with Crippen LogP contribution in [0.4, 0.5) is 0 Å². The van der Waals surface area contributed by atoms with Crippen LogP contribution in [0, 0.1) is 12.1 Å². The fourth-order valence-corrected chi connectivity index (χ4v) is 1.82. The third-order valence-corrected chi connectivity index (χ3v) is 2.78. The summed E-state index contributed by atoms with van der Waals surface area (Å²) in [5.41, 5.74) is 0.428. The standard InChI is InChI=1S/C14H15NO5/c1-4-19-14(16)12-9(2)20-13(15(12)17)10-5-7-11(18-3)8-6-10/h5-8H,4H2,1-3H3. The van der Waals surface area contributed by atoms with Gasteiger partial charge in [0, 0.05) is 6.92 Å². The number of carbonyl (C=O) groups is 1. The van der Waals surface area contributed by atoms with Crippen molar-refractivity contribution in [3.63, 3.8) is 0 Å². The molecule has 106 valence electrons. The predicted octanol–water partition coefficient (Wildman–Crippen LogP) is 2.07. The molecule has 0 aliphatic rings. The van der Waals surface area contributed by atoms with Crippen molar-refractivity contribution in [2.45, 2.75) is 13.8 Å². The van der Waals surface area contributed by atoms with E-state index in [0.717, 1.165) is 0 Å². The lowest BCUT2D eigenvalue weighted by molar-refractivity contribution is -0.599. The second kappa shape index (κ2) is 5.64. The topological polar surface area (TPSA) is 75.6 Å². The fourth-order valence-electron chi connectivity index (χ4n) is 1.82. The Labute approximate surface area is 116 Å². The first-order chi connectivity index (χ1) is 9.58. The van der Waals surface area contributed by atoms with Crippen LogP contribution in [-0.4, -0.2) is 19.7 Å². The molecule has 2 rings (SSSR count). The first-order valence-corrected chi connectivity index (χ1v) is 6.13. The van der Waals surface area contributed by atoms with Crippen LogP contribution in [0.25, 0.3) is 11.5 Å². The highest BCUT2D eigenvalue weighted by Crippen LogP contribution is 2.22. The van der Waals surface area contributed by atoms with E-state index in [-0.39, 0.29) is 24.0 Å². The number of rotatable bonds is 4. The number of oxazole rings is 1. The van der Waals surface area contributed by atoms with Crippen LogP contribution < -0.4 is 9.47 Å². The van der Waals surface area contributed by atoms with E-state index in [1.165, 1.54) is 0 Å². The van der Waals surface area contributed by atoms with Crippen LogP contribution in [0.3, 0.4) is 0 Å². The van der Waals surface area contributed by atoms with E-state index >= 15 is 0 Å². The molecule has 20 heavy (non-hydrogen) atoms. The molecule has 6 heteroatoms. The number of methoxy groups -OCH3 is 1. The minimum atomic E-state index is -0.691. The third kappa shape index (κ3) is 2.45. The number of aromatic nitrogens is 1. The molecule has 0 atom stereocenters. The van der Waals surface area contributed by atoms with Gasteiger partial charge in [0.05, 0.1) is 19.3 Å². The van der Waals surface area contributed by atoms with Crippen LogP contribution in [0.15, 0.2) is 28.7 Å². The minimum Gasteiger partial charge on any atom is -0.615 e. The van der Waals surface area contributed by atoms with Gasteiger partial charge in [-0.1, -0.05) is 0 Å². The van der Waals surface area contributed by atoms with Crippen molar-refractivity contribution in [2.75, 3.05) is 13.7 Å². The molecule has 0 unspecified atom stereocenters. The zero-order chi connectivity index (χ0) is 14.7. The number of benzene rings is 1. The summed E-state index contributed by atoms with van der Waals surface area (Å²) < 4.78 is 15.7. The molecule has 0 radical (unpaired) electrons. The van der Waals surface area contributed by atoms with Crippen molar-refractivity contribution in [3.05, 3.63) is 40.9 Å². The van der Waals surface area contributed by atoms with Gasteiger partial charge in [0.25, 0.3) is 0 Å². The van der Waals surface area contributed by atoms with Crippen LogP contribution >= 0.6 is 0 Å². The summed E-state index contributed by atoms with van der Waals surface area (Å²) in [6, 6.07) is 6.77. The van der Waals surface area contributed by atoms with Crippen molar-refractivity contribution in [3.8, 4) is 17.2 Å². The molecule has 1 heterocycles. The van der Waals surface area contributed by atoms with Crippen molar-refractivity contribution in [1.29, 1.82) is 0 Å². The van der Waals surface area contributed by atoms with Gasteiger partial charge < -0.3 is 19.1 Å². The highest BCUT2D eigenvalue weighted by Gasteiger charge is 2.30. The van der Waals surface area contributed by atoms with Gasteiger partial charge in [-0.25, -0.2) is 4.79 Å². The molecule has 0 aliphatic heterocycles. The van der Waals surface area contributed by atoms with E-state index in [9.17, 15) is 10.0 Å². The number of aryl methyl sites for hydroxylation is 1. The smallest absolute Gasteiger partial charge is 0.408 e. The Balaban J connectivity index is 2.42. The van der Waals surface area contributed by atoms with Gasteiger partial charge in [0.2, 0.25) is 0 Å². The van der Waals surface area contributed by atoms with Crippen molar-refractivity contribution in [2.24, 2.45) is 0 Å². The number of hydrogen-bond acceptors (Lipinski definition) is 5. The van der Waals surface area contributed by atoms with E-state index < -0.39 is 5.97 Å². The number of hydrogen-bond donors (Lipinski definition) is 0. The Hall–Kier alpha value is -2.50. The molecule has 2 aromatic rings. The predicted molar refractivity (Wildman–Crippen MR) is 70.3 cm³/mol. The van der Waals surface area contributed by atoms with Crippen LogP contribution in [0.2, 0.25) is 0 Å². The molecule has 0 spiro atoms. The fraction of sp³-hybridized carbons (Fsp3) is 0.286. The summed E-state index contributed by atoms with van der Waals surface area (Å²) in [6.45, 7) is 3.42. The van der Waals surface area contributed by atoms with Crippen LogP contribution in [-0.2, 0) is 4.74 Å². The molecule has 1 aromatic heterocycles. The van der Waals surface area contributed by atoms with E-state index in [4.69, 9.17) is 13.9 Å². The monoisotopic (exact) mass is 277 g/mol. The second-order valence-corrected chi connectivity index (χ2v) is 4.06. The highest BCUT2D eigenvalue weighted by atomic mass is 16.5. The van der Waals surface area contributed by atoms with E-state index in [2.05, 4.69) is 0 Å². The molecule has 0 bridgehead atoms. The number of nitrogens with zero attached hydrogens (tertiary/aromatic N) is 1. The first-order valence-electron chi connectivity index (χ1n) is 6.13. The summed E-state index contributed by atoms with van der Waals surface area (Å²) in [5.74, 6) is 0.251. The zero-order valence-electron chi connectivity index (χ0n) is 11.5. The van der Waals surface area contributed by atoms with Crippen LogP contribution in [0.5, 0.6) is 5.75 Å². The molecule has 0 saturated carbocycles. The lowest BCUT2D eigenvalue weighted by Crippen LogP contribution is -2.35.